The van der Waals surface area contributed by atoms with Crippen LogP contribution in [0.1, 0.15) is 40.9 Å². The lowest BCUT2D eigenvalue weighted by molar-refractivity contribution is 0.0999. The molecule has 0 bridgehead atoms. The highest BCUT2D eigenvalue weighted by Gasteiger charge is 2.10. The molecule has 2 nitrogen and oxygen atoms in total. The molecule has 0 aliphatic rings. The predicted molar refractivity (Wildman–Crippen MR) is 58.5 cm³/mol. The van der Waals surface area contributed by atoms with Gasteiger partial charge in [0.1, 0.15) is 0 Å². The molecule has 0 saturated carbocycles. The number of carbonyl (C=O) groups is 1. The minimum Gasteiger partial charge on any atom is -0.366 e. The van der Waals surface area contributed by atoms with Crippen molar-refractivity contribution in [1.82, 2.24) is 0 Å². The normalized spacial score (nSPS) is 10.2. The Morgan fingerprint density at radius 2 is 1.93 bits per heavy atom. The fourth-order valence-electron chi connectivity index (χ4n) is 1.84. The van der Waals surface area contributed by atoms with Gasteiger partial charge in [0.15, 0.2) is 0 Å². The van der Waals surface area contributed by atoms with Crippen LogP contribution >= 0.6 is 0 Å². The molecule has 0 spiro atoms. The molecule has 2 N–H and O–H groups in total. The summed E-state index contributed by atoms with van der Waals surface area (Å²) in [6.45, 7) is 6.14. The summed E-state index contributed by atoms with van der Waals surface area (Å²) in [6.07, 6.45) is 1.81. The summed E-state index contributed by atoms with van der Waals surface area (Å²) >= 11 is 0. The van der Waals surface area contributed by atoms with E-state index < -0.39 is 0 Å². The standard InChI is InChI=1S/C12H17NO/c1-4-9-6-8(3)7-11(12(13)14)10(9)5-2/h6-7H,4-5H2,1-3H3,(H2,13,14). The first-order valence-corrected chi connectivity index (χ1v) is 5.02. The van der Waals surface area contributed by atoms with Crippen molar-refractivity contribution in [3.8, 4) is 0 Å². The van der Waals surface area contributed by atoms with E-state index in [1.165, 1.54) is 5.56 Å². The Morgan fingerprint density at radius 3 is 2.36 bits per heavy atom. The molecule has 0 fully saturated rings. The molecule has 0 aliphatic carbocycles. The van der Waals surface area contributed by atoms with E-state index in [0.29, 0.717) is 5.56 Å². The van der Waals surface area contributed by atoms with E-state index in [9.17, 15) is 4.79 Å². The second kappa shape index (κ2) is 4.27. The summed E-state index contributed by atoms with van der Waals surface area (Å²) in [5, 5.41) is 0. The summed E-state index contributed by atoms with van der Waals surface area (Å²) < 4.78 is 0. The number of rotatable bonds is 3. The highest BCUT2D eigenvalue weighted by molar-refractivity contribution is 5.94. The maximum absolute atomic E-state index is 11.2. The molecule has 76 valence electrons. The number of nitrogens with two attached hydrogens (primary N) is 1. The highest BCUT2D eigenvalue weighted by Crippen LogP contribution is 2.18. The second-order valence-corrected chi connectivity index (χ2v) is 3.52. The van der Waals surface area contributed by atoms with E-state index in [2.05, 4.69) is 19.9 Å². The van der Waals surface area contributed by atoms with Gasteiger partial charge in [-0.25, -0.2) is 0 Å². The lowest BCUT2D eigenvalue weighted by Gasteiger charge is -2.11. The number of carbonyl (C=O) groups excluding carboxylic acids is 1. The first kappa shape index (κ1) is 10.8. The maximum Gasteiger partial charge on any atom is 0.248 e. The molecule has 0 unspecified atom stereocenters. The average Bonchev–Trinajstić information content (AvgIpc) is 2.16. The SMILES string of the molecule is CCc1cc(C)cc(C(N)=O)c1CC. The molecule has 0 aromatic heterocycles. The molecule has 1 amide bonds. The summed E-state index contributed by atoms with van der Waals surface area (Å²) in [6, 6.07) is 4.01. The predicted octanol–water partition coefficient (Wildman–Crippen LogP) is 2.22. The Kier molecular flexibility index (Phi) is 3.28. The first-order chi connectivity index (χ1) is 6.60. The maximum atomic E-state index is 11.2. The van der Waals surface area contributed by atoms with E-state index in [4.69, 9.17) is 5.73 Å². The molecule has 0 radical (unpaired) electrons. The molecule has 1 rings (SSSR count). The molecule has 1 aromatic rings. The van der Waals surface area contributed by atoms with Gasteiger partial charge in [0, 0.05) is 5.56 Å². The topological polar surface area (TPSA) is 43.1 Å². The van der Waals surface area contributed by atoms with Crippen molar-refractivity contribution in [2.45, 2.75) is 33.6 Å². The third-order valence-electron chi connectivity index (χ3n) is 2.49. The summed E-state index contributed by atoms with van der Waals surface area (Å²) in [7, 11) is 0. The van der Waals surface area contributed by atoms with Gasteiger partial charge in [-0.1, -0.05) is 25.5 Å². The Hall–Kier alpha value is -1.31. The molecule has 1 aromatic carbocycles. The van der Waals surface area contributed by atoms with E-state index in [1.54, 1.807) is 0 Å². The first-order valence-electron chi connectivity index (χ1n) is 5.02. The van der Waals surface area contributed by atoms with Crippen LogP contribution in [-0.4, -0.2) is 5.91 Å². The Labute approximate surface area is 85.1 Å². The van der Waals surface area contributed by atoms with Gasteiger partial charge < -0.3 is 5.73 Å². The van der Waals surface area contributed by atoms with E-state index >= 15 is 0 Å². The number of hydrogen-bond donors (Lipinski definition) is 1. The molecular weight excluding hydrogens is 174 g/mol. The average molecular weight is 191 g/mol. The van der Waals surface area contributed by atoms with Crippen LogP contribution in [0.3, 0.4) is 0 Å². The van der Waals surface area contributed by atoms with Crippen molar-refractivity contribution in [2.75, 3.05) is 0 Å². The Bertz CT molecular complexity index is 356. The fourth-order valence-corrected chi connectivity index (χ4v) is 1.84. The van der Waals surface area contributed by atoms with Gasteiger partial charge in [-0.05, 0) is 37.0 Å². The molecule has 0 atom stereocenters. The third-order valence-corrected chi connectivity index (χ3v) is 2.49. The van der Waals surface area contributed by atoms with Gasteiger partial charge >= 0.3 is 0 Å². The lowest BCUT2D eigenvalue weighted by atomic mass is 9.94. The molecule has 0 aliphatic heterocycles. The zero-order chi connectivity index (χ0) is 10.7. The van der Waals surface area contributed by atoms with Crippen molar-refractivity contribution in [3.05, 3.63) is 34.4 Å². The van der Waals surface area contributed by atoms with Gasteiger partial charge in [-0.3, -0.25) is 4.79 Å². The van der Waals surface area contributed by atoms with E-state index in [-0.39, 0.29) is 5.91 Å². The summed E-state index contributed by atoms with van der Waals surface area (Å²) in [4.78, 5) is 11.2. The number of aryl methyl sites for hydroxylation is 2. The minimum absolute atomic E-state index is 0.319. The highest BCUT2D eigenvalue weighted by atomic mass is 16.1. The van der Waals surface area contributed by atoms with Crippen LogP contribution in [-0.2, 0) is 12.8 Å². The zero-order valence-electron chi connectivity index (χ0n) is 9.05. The number of benzene rings is 1. The van der Waals surface area contributed by atoms with Crippen molar-refractivity contribution in [3.63, 3.8) is 0 Å². The largest absolute Gasteiger partial charge is 0.366 e. The fraction of sp³-hybridized carbons (Fsp3) is 0.417. The van der Waals surface area contributed by atoms with Gasteiger partial charge in [-0.15, -0.1) is 0 Å². The van der Waals surface area contributed by atoms with Crippen LogP contribution in [0.15, 0.2) is 12.1 Å². The Balaban J connectivity index is 3.39. The summed E-state index contributed by atoms with van der Waals surface area (Å²) in [5.41, 5.74) is 9.47. The molecule has 0 heterocycles. The van der Waals surface area contributed by atoms with Gasteiger partial charge in [0.2, 0.25) is 5.91 Å². The van der Waals surface area contributed by atoms with E-state index in [0.717, 1.165) is 24.0 Å². The quantitative estimate of drug-likeness (QED) is 0.782. The molecule has 0 saturated heterocycles. The van der Waals surface area contributed by atoms with Crippen LogP contribution < -0.4 is 5.73 Å². The Morgan fingerprint density at radius 1 is 1.29 bits per heavy atom. The van der Waals surface area contributed by atoms with Crippen LogP contribution in [0.5, 0.6) is 0 Å². The number of hydrogen-bond acceptors (Lipinski definition) is 1. The van der Waals surface area contributed by atoms with Gasteiger partial charge in [-0.2, -0.15) is 0 Å². The number of primary amides is 1. The molecular formula is C12H17NO. The van der Waals surface area contributed by atoms with Crippen LogP contribution in [0.2, 0.25) is 0 Å². The smallest absolute Gasteiger partial charge is 0.248 e. The molecule has 2 heteroatoms. The van der Waals surface area contributed by atoms with Crippen molar-refractivity contribution in [2.24, 2.45) is 5.73 Å². The van der Waals surface area contributed by atoms with Crippen molar-refractivity contribution < 1.29 is 4.79 Å². The number of amides is 1. The zero-order valence-corrected chi connectivity index (χ0v) is 9.05. The lowest BCUT2D eigenvalue weighted by Crippen LogP contribution is -2.15. The summed E-state index contributed by atoms with van der Waals surface area (Å²) in [5.74, 6) is -0.319. The van der Waals surface area contributed by atoms with Crippen molar-refractivity contribution in [1.29, 1.82) is 0 Å². The van der Waals surface area contributed by atoms with Gasteiger partial charge in [0.25, 0.3) is 0 Å². The monoisotopic (exact) mass is 191 g/mol. The van der Waals surface area contributed by atoms with Crippen LogP contribution in [0, 0.1) is 6.92 Å². The second-order valence-electron chi connectivity index (χ2n) is 3.52. The van der Waals surface area contributed by atoms with Crippen LogP contribution in [0.4, 0.5) is 0 Å². The molecule has 14 heavy (non-hydrogen) atoms. The minimum atomic E-state index is -0.319. The van der Waals surface area contributed by atoms with Crippen LogP contribution in [0.25, 0.3) is 0 Å². The third kappa shape index (κ3) is 1.95. The van der Waals surface area contributed by atoms with E-state index in [1.807, 2.05) is 13.0 Å². The van der Waals surface area contributed by atoms with Crippen molar-refractivity contribution >= 4 is 5.91 Å². The van der Waals surface area contributed by atoms with Gasteiger partial charge in [0.05, 0.1) is 0 Å².